The zero-order valence-corrected chi connectivity index (χ0v) is 12.0. The predicted octanol–water partition coefficient (Wildman–Crippen LogP) is 1.96. The molecule has 1 aliphatic heterocycles. The molecule has 20 heavy (non-hydrogen) atoms. The van der Waals surface area contributed by atoms with E-state index in [-0.39, 0.29) is 5.91 Å². The molecule has 2 fully saturated rings. The van der Waals surface area contributed by atoms with Crippen LogP contribution in [0.3, 0.4) is 0 Å². The minimum atomic E-state index is -0.0406. The standard InChI is InChI=1S/C14H18ClN3O2/c15-13-5-11(12(16)6-17-13)14(19)18(10-1-2-10)7-9-3-4-20-8-9/h5-6,9-10H,1-4,7-8,16H2. The number of pyridine rings is 1. The minimum Gasteiger partial charge on any atom is -0.397 e. The van der Waals surface area contributed by atoms with Crippen molar-refractivity contribution in [2.75, 3.05) is 25.5 Å². The largest absolute Gasteiger partial charge is 0.397 e. The lowest BCUT2D eigenvalue weighted by atomic mass is 10.1. The predicted molar refractivity (Wildman–Crippen MR) is 76.6 cm³/mol. The van der Waals surface area contributed by atoms with Gasteiger partial charge >= 0.3 is 0 Å². The quantitative estimate of drug-likeness (QED) is 0.862. The van der Waals surface area contributed by atoms with Crippen LogP contribution in [0.4, 0.5) is 5.69 Å². The van der Waals surface area contributed by atoms with Crippen LogP contribution in [0, 0.1) is 5.92 Å². The highest BCUT2D eigenvalue weighted by Crippen LogP contribution is 2.31. The second-order valence-electron chi connectivity index (χ2n) is 5.51. The molecule has 1 aromatic rings. The molecule has 0 aromatic carbocycles. The lowest BCUT2D eigenvalue weighted by molar-refractivity contribution is 0.0707. The summed E-state index contributed by atoms with van der Waals surface area (Å²) in [4.78, 5) is 18.5. The fourth-order valence-corrected chi connectivity index (χ4v) is 2.73. The normalized spacial score (nSPS) is 21.9. The molecule has 6 heteroatoms. The maximum Gasteiger partial charge on any atom is 0.256 e. The van der Waals surface area contributed by atoms with Gasteiger partial charge in [-0.15, -0.1) is 0 Å². The van der Waals surface area contributed by atoms with Crippen molar-refractivity contribution in [3.8, 4) is 0 Å². The Morgan fingerprint density at radius 2 is 2.30 bits per heavy atom. The fourth-order valence-electron chi connectivity index (χ4n) is 2.57. The summed E-state index contributed by atoms with van der Waals surface area (Å²) in [5.74, 6) is 0.388. The number of carbonyl (C=O) groups is 1. The van der Waals surface area contributed by atoms with Gasteiger partial charge in [-0.2, -0.15) is 0 Å². The zero-order chi connectivity index (χ0) is 14.1. The maximum atomic E-state index is 12.7. The lowest BCUT2D eigenvalue weighted by Crippen LogP contribution is -2.37. The Bertz CT molecular complexity index is 513. The number of nitrogens with two attached hydrogens (primary N) is 1. The summed E-state index contributed by atoms with van der Waals surface area (Å²) in [5.41, 5.74) is 6.70. The van der Waals surface area contributed by atoms with E-state index >= 15 is 0 Å². The van der Waals surface area contributed by atoms with Gasteiger partial charge in [-0.1, -0.05) is 11.6 Å². The van der Waals surface area contributed by atoms with Crippen LogP contribution in [0.2, 0.25) is 5.15 Å². The maximum absolute atomic E-state index is 12.7. The number of hydrogen-bond acceptors (Lipinski definition) is 4. The van der Waals surface area contributed by atoms with E-state index in [1.807, 2.05) is 4.90 Å². The topological polar surface area (TPSA) is 68.5 Å². The lowest BCUT2D eigenvalue weighted by Gasteiger charge is -2.25. The molecule has 1 saturated carbocycles. The van der Waals surface area contributed by atoms with Gasteiger partial charge in [0.25, 0.3) is 5.91 Å². The highest BCUT2D eigenvalue weighted by atomic mass is 35.5. The summed E-state index contributed by atoms with van der Waals surface area (Å²) in [6.45, 7) is 2.27. The monoisotopic (exact) mass is 295 g/mol. The number of rotatable bonds is 4. The molecular weight excluding hydrogens is 278 g/mol. The molecule has 2 heterocycles. The molecule has 1 aliphatic carbocycles. The van der Waals surface area contributed by atoms with Gasteiger partial charge in [0.1, 0.15) is 5.15 Å². The van der Waals surface area contributed by atoms with Crippen molar-refractivity contribution >= 4 is 23.2 Å². The van der Waals surface area contributed by atoms with E-state index in [0.29, 0.717) is 28.4 Å². The van der Waals surface area contributed by atoms with Gasteiger partial charge in [0, 0.05) is 25.1 Å². The van der Waals surface area contributed by atoms with E-state index in [4.69, 9.17) is 22.1 Å². The number of ether oxygens (including phenoxy) is 1. The van der Waals surface area contributed by atoms with Gasteiger partial charge in [0.15, 0.2) is 0 Å². The molecule has 1 atom stereocenters. The van der Waals surface area contributed by atoms with Gasteiger partial charge in [-0.3, -0.25) is 4.79 Å². The number of carbonyl (C=O) groups excluding carboxylic acids is 1. The summed E-state index contributed by atoms with van der Waals surface area (Å²) in [6.07, 6.45) is 4.60. The molecule has 1 aromatic heterocycles. The number of anilines is 1. The van der Waals surface area contributed by atoms with E-state index < -0.39 is 0 Å². The summed E-state index contributed by atoms with van der Waals surface area (Å²) in [7, 11) is 0. The average Bonchev–Trinajstić information content (AvgIpc) is 3.15. The molecule has 1 amide bonds. The number of aromatic nitrogens is 1. The highest BCUT2D eigenvalue weighted by Gasteiger charge is 2.35. The minimum absolute atomic E-state index is 0.0406. The number of hydrogen-bond donors (Lipinski definition) is 1. The molecule has 0 spiro atoms. The Morgan fingerprint density at radius 1 is 1.50 bits per heavy atom. The fraction of sp³-hybridized carbons (Fsp3) is 0.571. The molecule has 0 bridgehead atoms. The number of amides is 1. The Morgan fingerprint density at radius 3 is 2.95 bits per heavy atom. The van der Waals surface area contributed by atoms with Crippen molar-refractivity contribution in [1.82, 2.24) is 9.88 Å². The van der Waals surface area contributed by atoms with Crippen molar-refractivity contribution in [3.05, 3.63) is 23.0 Å². The van der Waals surface area contributed by atoms with Crippen LogP contribution in [0.25, 0.3) is 0 Å². The summed E-state index contributed by atoms with van der Waals surface area (Å²) in [6, 6.07) is 1.90. The second kappa shape index (κ2) is 5.58. The zero-order valence-electron chi connectivity index (χ0n) is 11.2. The molecule has 108 valence electrons. The van der Waals surface area contributed by atoms with Crippen LogP contribution in [-0.4, -0.2) is 41.6 Å². The molecule has 3 rings (SSSR count). The Hall–Kier alpha value is -1.33. The third-order valence-corrected chi connectivity index (χ3v) is 4.07. The molecule has 5 nitrogen and oxygen atoms in total. The molecule has 1 saturated heterocycles. The third-order valence-electron chi connectivity index (χ3n) is 3.86. The van der Waals surface area contributed by atoms with E-state index in [9.17, 15) is 4.79 Å². The van der Waals surface area contributed by atoms with Gasteiger partial charge in [-0.05, 0) is 25.3 Å². The van der Waals surface area contributed by atoms with Crippen LogP contribution in [0.15, 0.2) is 12.3 Å². The van der Waals surface area contributed by atoms with Crippen molar-refractivity contribution in [3.63, 3.8) is 0 Å². The third kappa shape index (κ3) is 2.88. The first-order chi connectivity index (χ1) is 9.65. The van der Waals surface area contributed by atoms with E-state index in [2.05, 4.69) is 4.98 Å². The highest BCUT2D eigenvalue weighted by molar-refractivity contribution is 6.29. The molecule has 2 aliphatic rings. The first kappa shape index (κ1) is 13.6. The SMILES string of the molecule is Nc1cnc(Cl)cc1C(=O)N(CC1CCOC1)C1CC1. The molecule has 0 radical (unpaired) electrons. The van der Waals surface area contributed by atoms with E-state index in [0.717, 1.165) is 39.0 Å². The van der Waals surface area contributed by atoms with Crippen LogP contribution < -0.4 is 5.73 Å². The van der Waals surface area contributed by atoms with Gasteiger partial charge in [0.05, 0.1) is 24.1 Å². The van der Waals surface area contributed by atoms with Crippen LogP contribution in [-0.2, 0) is 4.74 Å². The Balaban J connectivity index is 1.79. The summed E-state index contributed by atoms with van der Waals surface area (Å²) < 4.78 is 5.39. The van der Waals surface area contributed by atoms with Gasteiger partial charge in [0.2, 0.25) is 0 Å². The molecular formula is C14H18ClN3O2. The first-order valence-electron chi connectivity index (χ1n) is 6.95. The van der Waals surface area contributed by atoms with Gasteiger partial charge < -0.3 is 15.4 Å². The molecule has 2 N–H and O–H groups in total. The van der Waals surface area contributed by atoms with E-state index in [1.54, 1.807) is 6.07 Å². The number of halogens is 1. The Labute approximate surface area is 123 Å². The van der Waals surface area contributed by atoms with Gasteiger partial charge in [-0.25, -0.2) is 4.98 Å². The summed E-state index contributed by atoms with van der Waals surface area (Å²) in [5, 5.41) is 0.294. The second-order valence-corrected chi connectivity index (χ2v) is 5.90. The Kier molecular flexibility index (Phi) is 3.81. The van der Waals surface area contributed by atoms with E-state index in [1.165, 1.54) is 6.20 Å². The van der Waals surface area contributed by atoms with Crippen LogP contribution in [0.5, 0.6) is 0 Å². The van der Waals surface area contributed by atoms with Crippen LogP contribution in [0.1, 0.15) is 29.6 Å². The van der Waals surface area contributed by atoms with Crippen LogP contribution >= 0.6 is 11.6 Å². The number of nitrogens with zero attached hydrogens (tertiary/aromatic N) is 2. The summed E-state index contributed by atoms with van der Waals surface area (Å²) >= 11 is 5.87. The van der Waals surface area contributed by atoms with Crippen molar-refractivity contribution in [1.29, 1.82) is 0 Å². The van der Waals surface area contributed by atoms with Crippen molar-refractivity contribution in [2.45, 2.75) is 25.3 Å². The smallest absolute Gasteiger partial charge is 0.256 e. The first-order valence-corrected chi connectivity index (χ1v) is 7.32. The van der Waals surface area contributed by atoms with Crippen molar-refractivity contribution in [2.24, 2.45) is 5.92 Å². The molecule has 1 unspecified atom stereocenters. The van der Waals surface area contributed by atoms with Crippen molar-refractivity contribution < 1.29 is 9.53 Å². The average molecular weight is 296 g/mol. The number of nitrogen functional groups attached to an aromatic ring is 1.